The van der Waals surface area contributed by atoms with E-state index < -0.39 is 10.0 Å². The number of sulfonamides is 1. The highest BCUT2D eigenvalue weighted by Gasteiger charge is 2.33. The van der Waals surface area contributed by atoms with Gasteiger partial charge in [0.05, 0.1) is 18.4 Å². The Morgan fingerprint density at radius 2 is 1.89 bits per heavy atom. The quantitative estimate of drug-likeness (QED) is 0.839. The van der Waals surface area contributed by atoms with E-state index in [4.69, 9.17) is 4.74 Å². The van der Waals surface area contributed by atoms with Crippen molar-refractivity contribution in [1.82, 2.24) is 14.1 Å². The molecule has 0 N–H and O–H groups in total. The van der Waals surface area contributed by atoms with E-state index in [-0.39, 0.29) is 23.1 Å². The molecule has 6 nitrogen and oxygen atoms in total. The Labute approximate surface area is 114 Å². The average molecular weight is 287 g/mol. The topological polar surface area (TPSA) is 64.4 Å². The predicted molar refractivity (Wildman–Crippen MR) is 71.4 cm³/mol. The molecule has 1 aliphatic heterocycles. The van der Waals surface area contributed by atoms with Gasteiger partial charge in [-0.25, -0.2) is 8.42 Å². The summed E-state index contributed by atoms with van der Waals surface area (Å²) >= 11 is 0. The summed E-state index contributed by atoms with van der Waals surface area (Å²) in [4.78, 5) is 0.252. The second-order valence-electron chi connectivity index (χ2n) is 5.33. The van der Waals surface area contributed by atoms with Gasteiger partial charge in [-0.2, -0.15) is 9.40 Å². The first-order valence-corrected chi connectivity index (χ1v) is 7.94. The largest absolute Gasteiger partial charge is 0.373 e. The third-order valence-electron chi connectivity index (χ3n) is 3.13. The minimum Gasteiger partial charge on any atom is -0.373 e. The minimum absolute atomic E-state index is 0.0846. The predicted octanol–water partition coefficient (Wildman–Crippen LogP) is 1.26. The fourth-order valence-corrected chi connectivity index (χ4v) is 3.74. The number of morpholine rings is 1. The van der Waals surface area contributed by atoms with Crippen molar-refractivity contribution >= 4 is 10.0 Å². The molecule has 2 heterocycles. The molecule has 0 aliphatic carbocycles. The highest BCUT2D eigenvalue weighted by Crippen LogP contribution is 2.21. The van der Waals surface area contributed by atoms with E-state index in [2.05, 4.69) is 5.10 Å². The van der Waals surface area contributed by atoms with Crippen molar-refractivity contribution < 1.29 is 13.2 Å². The lowest BCUT2D eigenvalue weighted by Crippen LogP contribution is -2.48. The lowest BCUT2D eigenvalue weighted by molar-refractivity contribution is -0.0440. The number of nitrogens with zero attached hydrogens (tertiary/aromatic N) is 3. The molecule has 1 aliphatic rings. The highest BCUT2D eigenvalue weighted by molar-refractivity contribution is 7.89. The van der Waals surface area contributed by atoms with Crippen LogP contribution in [0.15, 0.2) is 17.3 Å². The van der Waals surface area contributed by atoms with Crippen LogP contribution < -0.4 is 0 Å². The smallest absolute Gasteiger partial charge is 0.246 e. The Morgan fingerprint density at radius 3 is 2.37 bits per heavy atom. The molecule has 2 atom stereocenters. The van der Waals surface area contributed by atoms with Crippen LogP contribution in [0.1, 0.15) is 33.7 Å². The zero-order valence-corrected chi connectivity index (χ0v) is 12.6. The van der Waals surface area contributed by atoms with Crippen LogP contribution in [0.2, 0.25) is 0 Å². The minimum atomic E-state index is -3.47. The Morgan fingerprint density at radius 1 is 1.32 bits per heavy atom. The molecule has 0 aromatic carbocycles. The number of ether oxygens (including phenoxy) is 1. The molecule has 7 heteroatoms. The summed E-state index contributed by atoms with van der Waals surface area (Å²) in [6, 6.07) is 0.145. The fourth-order valence-electron chi connectivity index (χ4n) is 2.21. The number of aromatic nitrogens is 2. The third kappa shape index (κ3) is 2.98. The normalized spacial score (nSPS) is 25.9. The highest BCUT2D eigenvalue weighted by atomic mass is 32.2. The third-order valence-corrected chi connectivity index (χ3v) is 4.92. The van der Waals surface area contributed by atoms with Crippen LogP contribution in [-0.2, 0) is 14.8 Å². The fraction of sp³-hybridized carbons (Fsp3) is 0.750. The van der Waals surface area contributed by atoms with Crippen molar-refractivity contribution in [1.29, 1.82) is 0 Å². The second kappa shape index (κ2) is 5.22. The molecule has 0 unspecified atom stereocenters. The first-order valence-electron chi connectivity index (χ1n) is 6.50. The summed E-state index contributed by atoms with van der Waals surface area (Å²) in [5, 5.41) is 4.09. The van der Waals surface area contributed by atoms with Crippen molar-refractivity contribution in [3.63, 3.8) is 0 Å². The molecule has 0 amide bonds. The SMILES string of the molecule is CC(C)n1cc(S(=O)(=O)N2C[C@H](C)O[C@@H](C)C2)cn1. The standard InChI is InChI=1S/C12H21N3O3S/c1-9(2)15-8-12(5-13-15)19(16,17)14-6-10(3)18-11(4)7-14/h5,8-11H,6-7H2,1-4H3/t10-,11-/m0/s1. The van der Waals surface area contributed by atoms with Gasteiger partial charge in [-0.1, -0.05) is 0 Å². The second-order valence-corrected chi connectivity index (χ2v) is 7.27. The van der Waals surface area contributed by atoms with Crippen LogP contribution >= 0.6 is 0 Å². The maximum Gasteiger partial charge on any atom is 0.246 e. The number of rotatable bonds is 3. The van der Waals surface area contributed by atoms with E-state index in [1.807, 2.05) is 27.7 Å². The van der Waals surface area contributed by atoms with E-state index >= 15 is 0 Å². The van der Waals surface area contributed by atoms with Gasteiger partial charge in [0.25, 0.3) is 0 Å². The molecule has 1 aromatic heterocycles. The average Bonchev–Trinajstić information content (AvgIpc) is 2.77. The summed E-state index contributed by atoms with van der Waals surface area (Å²) in [7, 11) is -3.47. The Balaban J connectivity index is 2.25. The molecule has 108 valence electrons. The summed E-state index contributed by atoms with van der Waals surface area (Å²) in [6.45, 7) is 8.47. The van der Waals surface area contributed by atoms with Crippen molar-refractivity contribution in [2.45, 2.75) is 50.8 Å². The molecular weight excluding hydrogens is 266 g/mol. The van der Waals surface area contributed by atoms with E-state index in [0.717, 1.165) is 0 Å². The van der Waals surface area contributed by atoms with Crippen LogP contribution in [0.3, 0.4) is 0 Å². The van der Waals surface area contributed by atoms with Gasteiger partial charge in [0, 0.05) is 25.3 Å². The van der Waals surface area contributed by atoms with Crippen LogP contribution in [0.4, 0.5) is 0 Å². The number of hydrogen-bond acceptors (Lipinski definition) is 4. The van der Waals surface area contributed by atoms with Gasteiger partial charge in [0.2, 0.25) is 10.0 Å². The summed E-state index contributed by atoms with van der Waals surface area (Å²) < 4.78 is 33.8. The van der Waals surface area contributed by atoms with Crippen LogP contribution in [0.5, 0.6) is 0 Å². The monoisotopic (exact) mass is 287 g/mol. The van der Waals surface area contributed by atoms with Crippen LogP contribution in [0.25, 0.3) is 0 Å². The molecular formula is C12H21N3O3S. The van der Waals surface area contributed by atoms with Gasteiger partial charge in [0.1, 0.15) is 4.90 Å². The van der Waals surface area contributed by atoms with Gasteiger partial charge in [-0.15, -0.1) is 0 Å². The Bertz CT molecular complexity index is 528. The van der Waals surface area contributed by atoms with Gasteiger partial charge < -0.3 is 4.74 Å². The van der Waals surface area contributed by atoms with Gasteiger partial charge in [-0.3, -0.25) is 4.68 Å². The van der Waals surface area contributed by atoms with E-state index in [1.165, 1.54) is 10.5 Å². The molecule has 0 saturated carbocycles. The molecule has 2 rings (SSSR count). The molecule has 19 heavy (non-hydrogen) atoms. The molecule has 1 saturated heterocycles. The summed E-state index contributed by atoms with van der Waals surface area (Å²) in [6.07, 6.45) is 2.84. The maximum absolute atomic E-state index is 12.5. The maximum atomic E-state index is 12.5. The van der Waals surface area contributed by atoms with E-state index in [0.29, 0.717) is 13.1 Å². The van der Waals surface area contributed by atoms with Crippen LogP contribution in [0, 0.1) is 0 Å². The molecule has 0 bridgehead atoms. The van der Waals surface area contributed by atoms with Gasteiger partial charge >= 0.3 is 0 Å². The zero-order valence-electron chi connectivity index (χ0n) is 11.8. The Hall–Kier alpha value is -0.920. The Kier molecular flexibility index (Phi) is 3.98. The van der Waals surface area contributed by atoms with Gasteiger partial charge in [0.15, 0.2) is 0 Å². The summed E-state index contributed by atoms with van der Waals surface area (Å²) in [5.41, 5.74) is 0. The van der Waals surface area contributed by atoms with Crippen molar-refractivity contribution in [3.05, 3.63) is 12.4 Å². The molecule has 0 spiro atoms. The molecule has 1 aromatic rings. The van der Waals surface area contributed by atoms with Crippen molar-refractivity contribution in [2.24, 2.45) is 0 Å². The van der Waals surface area contributed by atoms with Gasteiger partial charge in [-0.05, 0) is 27.7 Å². The van der Waals surface area contributed by atoms with E-state index in [9.17, 15) is 8.42 Å². The molecule has 1 fully saturated rings. The molecule has 0 radical (unpaired) electrons. The lowest BCUT2D eigenvalue weighted by Gasteiger charge is -2.34. The first kappa shape index (κ1) is 14.5. The summed E-state index contributed by atoms with van der Waals surface area (Å²) in [5.74, 6) is 0. The van der Waals surface area contributed by atoms with Crippen molar-refractivity contribution in [2.75, 3.05) is 13.1 Å². The van der Waals surface area contributed by atoms with E-state index in [1.54, 1.807) is 10.9 Å². The first-order chi connectivity index (χ1) is 8.80. The lowest BCUT2D eigenvalue weighted by atomic mass is 10.3. The van der Waals surface area contributed by atoms with Crippen molar-refractivity contribution in [3.8, 4) is 0 Å². The van der Waals surface area contributed by atoms with Crippen LogP contribution in [-0.4, -0.2) is 47.8 Å². The number of hydrogen-bond donors (Lipinski definition) is 0. The zero-order chi connectivity index (χ0) is 14.2.